The second-order valence-electron chi connectivity index (χ2n) is 4.46. The fraction of sp³-hybridized carbons (Fsp3) is 0.429. The van der Waals surface area contributed by atoms with Crippen molar-refractivity contribution in [1.82, 2.24) is 0 Å². The van der Waals surface area contributed by atoms with Crippen molar-refractivity contribution in [3.63, 3.8) is 0 Å². The molecular weight excluding hydrogens is 214 g/mol. The Morgan fingerprint density at radius 1 is 1.47 bits per heavy atom. The van der Waals surface area contributed by atoms with E-state index in [0.29, 0.717) is 11.5 Å². The van der Waals surface area contributed by atoms with Gasteiger partial charge in [0.05, 0.1) is 11.6 Å². The van der Waals surface area contributed by atoms with Gasteiger partial charge in [0, 0.05) is 6.92 Å². The lowest BCUT2D eigenvalue weighted by atomic mass is 9.98. The first kappa shape index (κ1) is 13.2. The minimum atomic E-state index is -0.294. The molecule has 1 atom stereocenters. The molecule has 0 aliphatic rings. The molecule has 0 saturated heterocycles. The molecular formula is C14H17NO2. The van der Waals surface area contributed by atoms with Gasteiger partial charge in [0.15, 0.2) is 0 Å². The van der Waals surface area contributed by atoms with Crippen LogP contribution in [0.2, 0.25) is 0 Å². The summed E-state index contributed by atoms with van der Waals surface area (Å²) in [6, 6.07) is 9.30. The fourth-order valence-corrected chi connectivity index (χ4v) is 1.69. The third kappa shape index (κ3) is 4.28. The number of hydrogen-bond donors (Lipinski definition) is 0. The zero-order valence-electron chi connectivity index (χ0n) is 10.4. The van der Waals surface area contributed by atoms with Crippen LogP contribution < -0.4 is 0 Å². The smallest absolute Gasteiger partial charge is 0.303 e. The van der Waals surface area contributed by atoms with Crippen LogP contribution >= 0.6 is 0 Å². The monoisotopic (exact) mass is 231 g/mol. The molecule has 90 valence electrons. The van der Waals surface area contributed by atoms with Gasteiger partial charge >= 0.3 is 5.97 Å². The van der Waals surface area contributed by atoms with Crippen molar-refractivity contribution >= 4 is 5.97 Å². The summed E-state index contributed by atoms with van der Waals surface area (Å²) in [6.45, 7) is 5.55. The summed E-state index contributed by atoms with van der Waals surface area (Å²) in [5, 5.41) is 8.85. The second kappa shape index (κ2) is 6.05. The molecule has 0 radical (unpaired) electrons. The predicted octanol–water partition coefficient (Wildman–Crippen LogP) is 3.21. The Hall–Kier alpha value is -1.82. The van der Waals surface area contributed by atoms with Crippen molar-refractivity contribution in [2.75, 3.05) is 0 Å². The first-order valence-corrected chi connectivity index (χ1v) is 5.70. The number of carbonyl (C=O) groups is 1. The lowest BCUT2D eigenvalue weighted by Gasteiger charge is -2.19. The zero-order valence-corrected chi connectivity index (χ0v) is 10.4. The van der Waals surface area contributed by atoms with Crippen molar-refractivity contribution in [2.24, 2.45) is 5.92 Å². The molecule has 1 rings (SSSR count). The third-order valence-electron chi connectivity index (χ3n) is 2.38. The van der Waals surface area contributed by atoms with Crippen LogP contribution in [0.25, 0.3) is 0 Å². The van der Waals surface area contributed by atoms with Gasteiger partial charge < -0.3 is 4.74 Å². The van der Waals surface area contributed by atoms with Gasteiger partial charge in [0.25, 0.3) is 0 Å². The van der Waals surface area contributed by atoms with Crippen LogP contribution in [0.5, 0.6) is 0 Å². The quantitative estimate of drug-likeness (QED) is 0.747. The highest BCUT2D eigenvalue weighted by molar-refractivity contribution is 5.66. The molecule has 0 fully saturated rings. The molecule has 0 spiro atoms. The zero-order chi connectivity index (χ0) is 12.8. The Morgan fingerprint density at radius 3 is 2.71 bits per heavy atom. The Labute approximate surface area is 102 Å². The molecule has 0 saturated carbocycles. The molecule has 0 N–H and O–H groups in total. The van der Waals surface area contributed by atoms with E-state index < -0.39 is 0 Å². The van der Waals surface area contributed by atoms with Crippen LogP contribution in [-0.4, -0.2) is 5.97 Å². The maximum absolute atomic E-state index is 11.1. The average molecular weight is 231 g/mol. The van der Waals surface area contributed by atoms with E-state index in [1.807, 2.05) is 12.1 Å². The number of hydrogen-bond acceptors (Lipinski definition) is 3. The standard InChI is InChI=1S/C14H17NO2/c1-10(2)7-14(17-11(3)16)13-6-4-5-12(8-13)9-15/h4-6,8,10,14H,7H2,1-3H3. The normalized spacial score (nSPS) is 11.9. The summed E-state index contributed by atoms with van der Waals surface area (Å²) >= 11 is 0. The minimum absolute atomic E-state index is 0.263. The summed E-state index contributed by atoms with van der Waals surface area (Å²) in [6.07, 6.45) is 0.495. The first-order chi connectivity index (χ1) is 8.02. The number of esters is 1. The Balaban J connectivity index is 2.95. The van der Waals surface area contributed by atoms with Gasteiger partial charge in [-0.1, -0.05) is 26.0 Å². The molecule has 0 aliphatic carbocycles. The van der Waals surface area contributed by atoms with E-state index in [-0.39, 0.29) is 12.1 Å². The number of benzene rings is 1. The van der Waals surface area contributed by atoms with E-state index in [0.717, 1.165) is 12.0 Å². The average Bonchev–Trinajstić information content (AvgIpc) is 2.27. The van der Waals surface area contributed by atoms with Crippen LogP contribution in [0.15, 0.2) is 24.3 Å². The van der Waals surface area contributed by atoms with E-state index in [1.54, 1.807) is 12.1 Å². The van der Waals surface area contributed by atoms with E-state index in [1.165, 1.54) is 6.92 Å². The van der Waals surface area contributed by atoms with Gasteiger partial charge in [-0.2, -0.15) is 5.26 Å². The molecule has 3 heteroatoms. The summed E-state index contributed by atoms with van der Waals surface area (Å²) in [4.78, 5) is 11.1. The number of rotatable bonds is 4. The summed E-state index contributed by atoms with van der Waals surface area (Å²) < 4.78 is 5.30. The summed E-state index contributed by atoms with van der Waals surface area (Å²) in [7, 11) is 0. The van der Waals surface area contributed by atoms with E-state index >= 15 is 0 Å². The van der Waals surface area contributed by atoms with E-state index in [4.69, 9.17) is 10.00 Å². The van der Waals surface area contributed by atoms with Crippen LogP contribution in [0.4, 0.5) is 0 Å². The van der Waals surface area contributed by atoms with Crippen LogP contribution in [0.1, 0.15) is 44.4 Å². The highest BCUT2D eigenvalue weighted by Gasteiger charge is 2.16. The van der Waals surface area contributed by atoms with Crippen LogP contribution in [0.3, 0.4) is 0 Å². The molecule has 0 bridgehead atoms. The maximum Gasteiger partial charge on any atom is 0.303 e. The Morgan fingerprint density at radius 2 is 2.18 bits per heavy atom. The molecule has 17 heavy (non-hydrogen) atoms. The van der Waals surface area contributed by atoms with E-state index in [9.17, 15) is 4.79 Å². The maximum atomic E-state index is 11.1. The van der Waals surface area contributed by atoms with Crippen molar-refractivity contribution in [3.05, 3.63) is 35.4 Å². The highest BCUT2D eigenvalue weighted by Crippen LogP contribution is 2.25. The fourth-order valence-electron chi connectivity index (χ4n) is 1.69. The number of nitrogens with zero attached hydrogens (tertiary/aromatic N) is 1. The molecule has 1 aromatic rings. The molecule has 3 nitrogen and oxygen atoms in total. The minimum Gasteiger partial charge on any atom is -0.458 e. The predicted molar refractivity (Wildman–Crippen MR) is 65.1 cm³/mol. The Bertz CT molecular complexity index is 432. The molecule has 1 aromatic carbocycles. The number of ether oxygens (including phenoxy) is 1. The van der Waals surface area contributed by atoms with Gasteiger partial charge in [-0.25, -0.2) is 0 Å². The van der Waals surface area contributed by atoms with E-state index in [2.05, 4.69) is 19.9 Å². The largest absolute Gasteiger partial charge is 0.458 e. The van der Waals surface area contributed by atoms with Crippen molar-refractivity contribution in [2.45, 2.75) is 33.3 Å². The molecule has 1 unspecified atom stereocenters. The number of carbonyl (C=O) groups excluding carboxylic acids is 1. The van der Waals surface area contributed by atoms with Gasteiger partial charge in [0.2, 0.25) is 0 Å². The van der Waals surface area contributed by atoms with Crippen LogP contribution in [-0.2, 0) is 9.53 Å². The van der Waals surface area contributed by atoms with Gasteiger partial charge in [0.1, 0.15) is 6.10 Å². The molecule has 0 aromatic heterocycles. The van der Waals surface area contributed by atoms with Gasteiger partial charge in [-0.05, 0) is 30.0 Å². The SMILES string of the molecule is CC(=O)OC(CC(C)C)c1cccc(C#N)c1. The topological polar surface area (TPSA) is 50.1 Å². The van der Waals surface area contributed by atoms with Crippen LogP contribution in [0, 0.1) is 17.2 Å². The van der Waals surface area contributed by atoms with Crippen molar-refractivity contribution in [1.29, 1.82) is 5.26 Å². The first-order valence-electron chi connectivity index (χ1n) is 5.70. The molecule has 0 heterocycles. The molecule has 0 aliphatic heterocycles. The Kier molecular flexibility index (Phi) is 4.71. The third-order valence-corrected chi connectivity index (χ3v) is 2.38. The highest BCUT2D eigenvalue weighted by atomic mass is 16.5. The summed E-state index contributed by atoms with van der Waals surface area (Å²) in [5.41, 5.74) is 1.47. The molecule has 0 amide bonds. The lowest BCUT2D eigenvalue weighted by Crippen LogP contribution is -2.11. The van der Waals surface area contributed by atoms with Crippen molar-refractivity contribution in [3.8, 4) is 6.07 Å². The summed E-state index contributed by atoms with van der Waals surface area (Å²) in [5.74, 6) is 0.128. The van der Waals surface area contributed by atoms with Gasteiger partial charge in [-0.3, -0.25) is 4.79 Å². The number of nitriles is 1. The van der Waals surface area contributed by atoms with Crippen molar-refractivity contribution < 1.29 is 9.53 Å². The lowest BCUT2D eigenvalue weighted by molar-refractivity contribution is -0.147. The second-order valence-corrected chi connectivity index (χ2v) is 4.46. The van der Waals surface area contributed by atoms with Gasteiger partial charge in [-0.15, -0.1) is 0 Å².